The van der Waals surface area contributed by atoms with Crippen LogP contribution in [0.1, 0.15) is 30.0 Å². The lowest BCUT2D eigenvalue weighted by atomic mass is 9.92. The molecule has 1 atom stereocenters. The maximum atomic E-state index is 13.6. The van der Waals surface area contributed by atoms with E-state index in [0.29, 0.717) is 11.1 Å². The molecule has 4 nitrogen and oxygen atoms in total. The number of amides is 1. The molecule has 118 valence electrons. The van der Waals surface area contributed by atoms with Crippen molar-refractivity contribution in [3.63, 3.8) is 0 Å². The zero-order valence-electron chi connectivity index (χ0n) is 12.7. The molecule has 0 aliphatic heterocycles. The van der Waals surface area contributed by atoms with Crippen LogP contribution in [-0.4, -0.2) is 11.0 Å². The number of aliphatic hydroxyl groups is 1. The molecule has 0 aromatic heterocycles. The largest absolute Gasteiger partial charge is 0.385 e. The molecular formula is C18H17FN2O2. The second-order valence-corrected chi connectivity index (χ2v) is 5.51. The van der Waals surface area contributed by atoms with Crippen LogP contribution in [0.4, 0.5) is 4.39 Å². The summed E-state index contributed by atoms with van der Waals surface area (Å²) in [7, 11) is 0. The molecule has 0 fully saturated rings. The summed E-state index contributed by atoms with van der Waals surface area (Å²) in [6.45, 7) is 1.52. The summed E-state index contributed by atoms with van der Waals surface area (Å²) in [5.74, 6) is -0.889. The van der Waals surface area contributed by atoms with Crippen molar-refractivity contribution in [3.05, 3.63) is 71.0 Å². The smallest absolute Gasteiger partial charge is 0.223 e. The van der Waals surface area contributed by atoms with Gasteiger partial charge in [0.2, 0.25) is 5.91 Å². The van der Waals surface area contributed by atoms with Gasteiger partial charge in [-0.1, -0.05) is 30.3 Å². The zero-order valence-corrected chi connectivity index (χ0v) is 12.7. The molecule has 0 bridgehead atoms. The maximum Gasteiger partial charge on any atom is 0.223 e. The molecule has 0 saturated carbocycles. The van der Waals surface area contributed by atoms with Crippen LogP contribution in [0.15, 0.2) is 48.5 Å². The number of hydrogen-bond donors (Lipinski definition) is 2. The summed E-state index contributed by atoms with van der Waals surface area (Å²) in [4.78, 5) is 12.0. The van der Waals surface area contributed by atoms with E-state index < -0.39 is 17.3 Å². The molecule has 0 aliphatic carbocycles. The fourth-order valence-corrected chi connectivity index (χ4v) is 2.25. The molecule has 2 N–H and O–H groups in total. The number of carbonyl (C=O) groups is 1. The Hall–Kier alpha value is -2.71. The Labute approximate surface area is 134 Å². The summed E-state index contributed by atoms with van der Waals surface area (Å²) in [5, 5.41) is 21.8. The van der Waals surface area contributed by atoms with Crippen molar-refractivity contribution >= 4 is 5.91 Å². The lowest BCUT2D eigenvalue weighted by Gasteiger charge is -2.23. The van der Waals surface area contributed by atoms with Crippen molar-refractivity contribution < 1.29 is 14.3 Å². The van der Waals surface area contributed by atoms with E-state index in [9.17, 15) is 14.3 Å². The standard InChI is InChI=1S/C18H17FN2O2/c1-18(23,15-5-3-2-4-6-15)10-17(22)21-12-14-9-13(11-20)7-8-16(14)19/h2-9,23H,10,12H2,1H3,(H,21,22). The topological polar surface area (TPSA) is 73.1 Å². The summed E-state index contributed by atoms with van der Waals surface area (Å²) >= 11 is 0. The van der Waals surface area contributed by atoms with E-state index in [-0.39, 0.29) is 18.5 Å². The Balaban J connectivity index is 1.99. The van der Waals surface area contributed by atoms with Crippen molar-refractivity contribution in [2.45, 2.75) is 25.5 Å². The SMILES string of the molecule is CC(O)(CC(=O)NCc1cc(C#N)ccc1F)c1ccccc1. The van der Waals surface area contributed by atoms with E-state index in [1.54, 1.807) is 31.2 Å². The first-order valence-corrected chi connectivity index (χ1v) is 7.15. The minimum atomic E-state index is -1.31. The Bertz CT molecular complexity index is 736. The normalized spacial score (nSPS) is 13.0. The predicted octanol–water partition coefficient (Wildman–Crippen LogP) is 2.61. The zero-order chi connectivity index (χ0) is 16.9. The number of hydrogen-bond acceptors (Lipinski definition) is 3. The molecule has 1 unspecified atom stereocenters. The van der Waals surface area contributed by atoms with E-state index in [1.165, 1.54) is 18.2 Å². The molecular weight excluding hydrogens is 295 g/mol. The highest BCUT2D eigenvalue weighted by molar-refractivity contribution is 5.77. The minimum absolute atomic E-state index is 0.0367. The number of nitrogens with zero attached hydrogens (tertiary/aromatic N) is 1. The van der Waals surface area contributed by atoms with Gasteiger partial charge in [-0.3, -0.25) is 4.79 Å². The summed E-state index contributed by atoms with van der Waals surface area (Å²) in [6, 6.07) is 14.8. The second kappa shape index (κ2) is 7.03. The monoisotopic (exact) mass is 312 g/mol. The van der Waals surface area contributed by atoms with Crippen LogP contribution in [0.5, 0.6) is 0 Å². The molecule has 0 radical (unpaired) electrons. The summed E-state index contributed by atoms with van der Waals surface area (Å²) in [5.41, 5.74) is -0.116. The molecule has 1 amide bonds. The minimum Gasteiger partial charge on any atom is -0.385 e. The van der Waals surface area contributed by atoms with E-state index >= 15 is 0 Å². The third-order valence-electron chi connectivity index (χ3n) is 3.55. The van der Waals surface area contributed by atoms with Gasteiger partial charge in [0.15, 0.2) is 0 Å². The number of nitrogens with one attached hydrogen (secondary N) is 1. The Morgan fingerprint density at radius 3 is 2.65 bits per heavy atom. The average Bonchev–Trinajstić information content (AvgIpc) is 2.54. The van der Waals surface area contributed by atoms with Gasteiger partial charge in [0.05, 0.1) is 23.7 Å². The van der Waals surface area contributed by atoms with Crippen LogP contribution in [0.3, 0.4) is 0 Å². The molecule has 2 aromatic rings. The van der Waals surface area contributed by atoms with E-state index in [2.05, 4.69) is 5.32 Å². The lowest BCUT2D eigenvalue weighted by Crippen LogP contribution is -2.32. The van der Waals surface area contributed by atoms with Gasteiger partial charge < -0.3 is 10.4 Å². The molecule has 5 heteroatoms. The van der Waals surface area contributed by atoms with Crippen molar-refractivity contribution in [2.75, 3.05) is 0 Å². The van der Waals surface area contributed by atoms with Gasteiger partial charge in [-0.15, -0.1) is 0 Å². The van der Waals surface area contributed by atoms with E-state index in [4.69, 9.17) is 5.26 Å². The number of benzene rings is 2. The third kappa shape index (κ3) is 4.38. The van der Waals surface area contributed by atoms with Gasteiger partial charge in [0, 0.05) is 12.1 Å². The van der Waals surface area contributed by atoms with Crippen LogP contribution in [-0.2, 0) is 16.9 Å². The summed E-state index contributed by atoms with van der Waals surface area (Å²) < 4.78 is 13.6. The first-order valence-electron chi connectivity index (χ1n) is 7.15. The average molecular weight is 312 g/mol. The second-order valence-electron chi connectivity index (χ2n) is 5.51. The molecule has 2 rings (SSSR count). The molecule has 0 heterocycles. The van der Waals surface area contributed by atoms with Gasteiger partial charge in [-0.05, 0) is 30.7 Å². The van der Waals surface area contributed by atoms with Gasteiger partial charge in [-0.2, -0.15) is 5.26 Å². The molecule has 2 aromatic carbocycles. The van der Waals surface area contributed by atoms with Crippen molar-refractivity contribution in [1.82, 2.24) is 5.32 Å². The highest BCUT2D eigenvalue weighted by Crippen LogP contribution is 2.24. The van der Waals surface area contributed by atoms with Crippen molar-refractivity contribution in [3.8, 4) is 6.07 Å². The van der Waals surface area contributed by atoms with Gasteiger partial charge in [0.1, 0.15) is 5.82 Å². The molecule has 0 aliphatic rings. The van der Waals surface area contributed by atoms with Gasteiger partial charge in [-0.25, -0.2) is 4.39 Å². The molecule has 0 spiro atoms. The first kappa shape index (κ1) is 16.7. The fourth-order valence-electron chi connectivity index (χ4n) is 2.25. The van der Waals surface area contributed by atoms with Gasteiger partial charge >= 0.3 is 0 Å². The van der Waals surface area contributed by atoms with Crippen molar-refractivity contribution in [2.24, 2.45) is 0 Å². The van der Waals surface area contributed by atoms with Crippen LogP contribution < -0.4 is 5.32 Å². The highest BCUT2D eigenvalue weighted by atomic mass is 19.1. The fraction of sp³-hybridized carbons (Fsp3) is 0.222. The van der Waals surface area contributed by atoms with Crippen LogP contribution in [0.2, 0.25) is 0 Å². The third-order valence-corrected chi connectivity index (χ3v) is 3.55. The Morgan fingerprint density at radius 2 is 2.00 bits per heavy atom. The van der Waals surface area contributed by atoms with Crippen LogP contribution >= 0.6 is 0 Å². The number of rotatable bonds is 5. The number of halogens is 1. The Kier molecular flexibility index (Phi) is 5.09. The lowest BCUT2D eigenvalue weighted by molar-refractivity contribution is -0.126. The highest BCUT2D eigenvalue weighted by Gasteiger charge is 2.26. The van der Waals surface area contributed by atoms with E-state index in [0.717, 1.165) is 0 Å². The van der Waals surface area contributed by atoms with Crippen molar-refractivity contribution in [1.29, 1.82) is 5.26 Å². The quantitative estimate of drug-likeness (QED) is 0.891. The Morgan fingerprint density at radius 1 is 1.30 bits per heavy atom. The molecule has 0 saturated heterocycles. The predicted molar refractivity (Wildman–Crippen MR) is 83.6 cm³/mol. The molecule has 23 heavy (non-hydrogen) atoms. The number of carbonyl (C=O) groups excluding carboxylic acids is 1. The summed E-state index contributed by atoms with van der Waals surface area (Å²) in [6.07, 6.45) is -0.142. The van der Waals surface area contributed by atoms with Crippen LogP contribution in [0, 0.1) is 17.1 Å². The maximum absolute atomic E-state index is 13.6. The van der Waals surface area contributed by atoms with E-state index in [1.807, 2.05) is 12.1 Å². The first-order chi connectivity index (χ1) is 10.9. The van der Waals surface area contributed by atoms with Gasteiger partial charge in [0.25, 0.3) is 0 Å². The number of nitriles is 1. The van der Waals surface area contributed by atoms with Crippen LogP contribution in [0.25, 0.3) is 0 Å².